The molecule has 0 aliphatic rings. The van der Waals surface area contributed by atoms with Gasteiger partial charge in [-0.25, -0.2) is 13.9 Å². The summed E-state index contributed by atoms with van der Waals surface area (Å²) in [6.45, 7) is 4.21. The average molecular weight is 328 g/mol. The Kier molecular flexibility index (Phi) is 4.41. The summed E-state index contributed by atoms with van der Waals surface area (Å²) in [4.78, 5) is 16.6. The number of imidazole rings is 1. The highest BCUT2D eigenvalue weighted by molar-refractivity contribution is 5.93. The van der Waals surface area contributed by atoms with Gasteiger partial charge in [-0.3, -0.25) is 4.79 Å². The molecule has 0 saturated carbocycles. The maximum absolute atomic E-state index is 13.0. The minimum atomic E-state index is -0.324. The van der Waals surface area contributed by atoms with Crippen molar-refractivity contribution in [2.45, 2.75) is 19.9 Å². The van der Waals surface area contributed by atoms with Gasteiger partial charge in [0.25, 0.3) is 5.91 Å². The maximum atomic E-state index is 13.0. The number of carbonyl (C=O) groups excluding carboxylic acids is 1. The Hall–Kier alpha value is -2.96. The summed E-state index contributed by atoms with van der Waals surface area (Å²) in [6, 6.07) is 9.17. The van der Waals surface area contributed by atoms with Gasteiger partial charge in [0.2, 0.25) is 5.88 Å². The second kappa shape index (κ2) is 6.66. The number of nitrogens with one attached hydrogen (secondary N) is 1. The van der Waals surface area contributed by atoms with E-state index in [4.69, 9.17) is 4.74 Å². The van der Waals surface area contributed by atoms with E-state index in [0.717, 1.165) is 5.56 Å². The number of amides is 1. The second-order valence-corrected chi connectivity index (χ2v) is 5.28. The second-order valence-electron chi connectivity index (χ2n) is 5.28. The highest BCUT2D eigenvalue weighted by Crippen LogP contribution is 2.14. The van der Waals surface area contributed by atoms with Gasteiger partial charge >= 0.3 is 0 Å². The largest absolute Gasteiger partial charge is 0.477 e. The standard InChI is InChI=1S/C17H17FN4O2/c1-3-24-16-9-8-15-20-14(10-22(15)21-16)17(23)19-11(2)12-4-6-13(18)7-5-12/h4-11H,3H2,1-2H3,(H,19,23)/t11-/m1/s1. The molecular formula is C17H17FN4O2. The summed E-state index contributed by atoms with van der Waals surface area (Å²) < 4.78 is 19.8. The molecule has 0 aliphatic carbocycles. The van der Waals surface area contributed by atoms with E-state index in [-0.39, 0.29) is 23.5 Å². The summed E-state index contributed by atoms with van der Waals surface area (Å²) >= 11 is 0. The molecule has 1 atom stereocenters. The molecule has 2 heterocycles. The van der Waals surface area contributed by atoms with Crippen LogP contribution in [0.3, 0.4) is 0 Å². The molecule has 0 saturated heterocycles. The number of ether oxygens (including phenoxy) is 1. The van der Waals surface area contributed by atoms with E-state index < -0.39 is 0 Å². The summed E-state index contributed by atoms with van der Waals surface area (Å²) in [5, 5.41) is 7.06. The van der Waals surface area contributed by atoms with Crippen LogP contribution in [0.5, 0.6) is 5.88 Å². The van der Waals surface area contributed by atoms with E-state index in [1.165, 1.54) is 16.6 Å². The van der Waals surface area contributed by atoms with Crippen molar-refractivity contribution in [1.29, 1.82) is 0 Å². The number of nitrogens with zero attached hydrogens (tertiary/aromatic N) is 3. The molecule has 2 aromatic heterocycles. The van der Waals surface area contributed by atoms with Crippen LogP contribution in [-0.4, -0.2) is 27.1 Å². The normalized spacial score (nSPS) is 12.1. The van der Waals surface area contributed by atoms with Crippen LogP contribution < -0.4 is 10.1 Å². The first-order chi connectivity index (χ1) is 11.6. The van der Waals surface area contributed by atoms with Crippen molar-refractivity contribution in [2.75, 3.05) is 6.61 Å². The van der Waals surface area contributed by atoms with Crippen molar-refractivity contribution in [3.63, 3.8) is 0 Å². The Balaban J connectivity index is 1.76. The molecule has 6 nitrogen and oxygen atoms in total. The molecule has 3 aromatic rings. The third-order valence-corrected chi connectivity index (χ3v) is 3.54. The molecule has 0 radical (unpaired) electrons. The van der Waals surface area contributed by atoms with Crippen LogP contribution in [0.15, 0.2) is 42.6 Å². The average Bonchev–Trinajstić information content (AvgIpc) is 2.99. The zero-order valence-corrected chi connectivity index (χ0v) is 13.4. The molecule has 3 rings (SSSR count). The zero-order valence-electron chi connectivity index (χ0n) is 13.4. The van der Waals surface area contributed by atoms with Gasteiger partial charge in [-0.15, -0.1) is 5.10 Å². The van der Waals surface area contributed by atoms with Crippen molar-refractivity contribution in [1.82, 2.24) is 19.9 Å². The van der Waals surface area contributed by atoms with Crippen LogP contribution in [0, 0.1) is 5.82 Å². The van der Waals surface area contributed by atoms with E-state index >= 15 is 0 Å². The van der Waals surface area contributed by atoms with Gasteiger partial charge < -0.3 is 10.1 Å². The molecule has 1 amide bonds. The zero-order chi connectivity index (χ0) is 17.1. The molecule has 24 heavy (non-hydrogen) atoms. The third-order valence-electron chi connectivity index (χ3n) is 3.54. The molecule has 0 spiro atoms. The van der Waals surface area contributed by atoms with Gasteiger partial charge in [-0.1, -0.05) is 12.1 Å². The highest BCUT2D eigenvalue weighted by Gasteiger charge is 2.15. The van der Waals surface area contributed by atoms with Crippen LogP contribution in [0.2, 0.25) is 0 Å². The fourth-order valence-electron chi connectivity index (χ4n) is 2.30. The lowest BCUT2D eigenvalue weighted by molar-refractivity contribution is 0.0935. The summed E-state index contributed by atoms with van der Waals surface area (Å²) in [5.41, 5.74) is 1.62. The fraction of sp³-hybridized carbons (Fsp3) is 0.235. The molecule has 1 N–H and O–H groups in total. The van der Waals surface area contributed by atoms with Crippen molar-refractivity contribution < 1.29 is 13.9 Å². The summed E-state index contributed by atoms with van der Waals surface area (Å²) in [7, 11) is 0. The number of rotatable bonds is 5. The molecule has 1 aromatic carbocycles. The first-order valence-corrected chi connectivity index (χ1v) is 7.62. The number of hydrogen-bond acceptors (Lipinski definition) is 4. The Morgan fingerprint density at radius 1 is 1.29 bits per heavy atom. The fourth-order valence-corrected chi connectivity index (χ4v) is 2.30. The molecule has 0 fully saturated rings. The van der Waals surface area contributed by atoms with Crippen LogP contribution in [-0.2, 0) is 0 Å². The van der Waals surface area contributed by atoms with Crippen LogP contribution in [0.4, 0.5) is 4.39 Å². The molecule has 0 bridgehead atoms. The van der Waals surface area contributed by atoms with E-state index in [0.29, 0.717) is 18.1 Å². The lowest BCUT2D eigenvalue weighted by Gasteiger charge is -2.13. The van der Waals surface area contributed by atoms with Gasteiger partial charge in [-0.05, 0) is 37.6 Å². The SMILES string of the molecule is CCOc1ccc2nc(C(=O)N[C@H](C)c3ccc(F)cc3)cn2n1. The van der Waals surface area contributed by atoms with Crippen molar-refractivity contribution in [3.8, 4) is 5.88 Å². The number of benzene rings is 1. The molecule has 124 valence electrons. The quantitative estimate of drug-likeness (QED) is 0.782. The van der Waals surface area contributed by atoms with E-state index in [9.17, 15) is 9.18 Å². The Bertz CT molecular complexity index is 861. The number of hydrogen-bond donors (Lipinski definition) is 1. The summed E-state index contributed by atoms with van der Waals surface area (Å²) in [6.07, 6.45) is 1.55. The van der Waals surface area contributed by atoms with Gasteiger partial charge in [0.1, 0.15) is 11.5 Å². The smallest absolute Gasteiger partial charge is 0.272 e. The number of aromatic nitrogens is 3. The Morgan fingerprint density at radius 3 is 2.75 bits per heavy atom. The minimum Gasteiger partial charge on any atom is -0.477 e. The molecule has 7 heteroatoms. The predicted octanol–water partition coefficient (Wildman–Crippen LogP) is 2.76. The third kappa shape index (κ3) is 3.34. The lowest BCUT2D eigenvalue weighted by Crippen LogP contribution is -2.26. The van der Waals surface area contributed by atoms with Crippen molar-refractivity contribution in [2.24, 2.45) is 0 Å². The Labute approximate surface area is 138 Å². The Morgan fingerprint density at radius 2 is 2.04 bits per heavy atom. The molecule has 0 aliphatic heterocycles. The van der Waals surface area contributed by atoms with Crippen molar-refractivity contribution in [3.05, 3.63) is 59.7 Å². The molecular weight excluding hydrogens is 311 g/mol. The minimum absolute atomic E-state index is 0.255. The number of carbonyl (C=O) groups is 1. The lowest BCUT2D eigenvalue weighted by atomic mass is 10.1. The number of fused-ring (bicyclic) bond motifs is 1. The van der Waals surface area contributed by atoms with Crippen molar-refractivity contribution >= 4 is 11.6 Å². The van der Waals surface area contributed by atoms with Gasteiger partial charge in [0.15, 0.2) is 5.65 Å². The van der Waals surface area contributed by atoms with E-state index in [1.54, 1.807) is 30.5 Å². The van der Waals surface area contributed by atoms with Gasteiger partial charge in [0, 0.05) is 6.07 Å². The van der Waals surface area contributed by atoms with Crippen LogP contribution >= 0.6 is 0 Å². The monoisotopic (exact) mass is 328 g/mol. The van der Waals surface area contributed by atoms with E-state index in [1.807, 2.05) is 13.8 Å². The molecule has 0 unspecified atom stereocenters. The first kappa shape index (κ1) is 15.9. The van der Waals surface area contributed by atoms with E-state index in [2.05, 4.69) is 15.4 Å². The highest BCUT2D eigenvalue weighted by atomic mass is 19.1. The van der Waals surface area contributed by atoms with Crippen LogP contribution in [0.25, 0.3) is 5.65 Å². The maximum Gasteiger partial charge on any atom is 0.272 e. The van der Waals surface area contributed by atoms with Gasteiger partial charge in [0.05, 0.1) is 18.8 Å². The first-order valence-electron chi connectivity index (χ1n) is 7.62. The predicted molar refractivity (Wildman–Crippen MR) is 86.4 cm³/mol. The summed E-state index contributed by atoms with van der Waals surface area (Å²) in [5.74, 6) is -0.168. The number of halogens is 1. The van der Waals surface area contributed by atoms with Gasteiger partial charge in [-0.2, -0.15) is 0 Å². The van der Waals surface area contributed by atoms with Crippen LogP contribution in [0.1, 0.15) is 35.9 Å². The topological polar surface area (TPSA) is 68.5 Å².